The van der Waals surface area contributed by atoms with Crippen LogP contribution < -0.4 is 16.0 Å². The standard InChI is InChI=1S/C21H29N5O2/c1-3-7-19-18(20(27)22-2)11-10-17(26-19)9-4-5-13-24-21(28)25-15-16-8-6-12-23-14-16/h6,8,10-12,14H,3-5,7,9,13,15H2,1-2H3,(H,22,27)(H2,24,25,28). The number of nitrogens with zero attached hydrogens (tertiary/aromatic N) is 2. The number of aryl methyl sites for hydroxylation is 2. The van der Waals surface area contributed by atoms with E-state index in [1.165, 1.54) is 0 Å². The van der Waals surface area contributed by atoms with Gasteiger partial charge in [0.05, 0.1) is 11.3 Å². The van der Waals surface area contributed by atoms with Crippen LogP contribution in [0.2, 0.25) is 0 Å². The summed E-state index contributed by atoms with van der Waals surface area (Å²) in [6.45, 7) is 3.14. The number of urea groups is 1. The molecule has 7 heteroatoms. The average Bonchev–Trinajstić information content (AvgIpc) is 2.72. The predicted octanol–water partition coefficient (Wildman–Crippen LogP) is 2.61. The van der Waals surface area contributed by atoms with Crippen molar-refractivity contribution in [3.8, 4) is 0 Å². The first-order chi connectivity index (χ1) is 13.6. The molecule has 0 saturated heterocycles. The van der Waals surface area contributed by atoms with Gasteiger partial charge in [0.15, 0.2) is 0 Å². The van der Waals surface area contributed by atoms with Crippen LogP contribution in [0.3, 0.4) is 0 Å². The SMILES string of the molecule is CCCc1nc(CCCCNC(=O)NCc2cccnc2)ccc1C(=O)NC. The number of pyridine rings is 2. The molecule has 0 atom stereocenters. The number of carbonyl (C=O) groups is 2. The Labute approximate surface area is 166 Å². The number of aromatic nitrogens is 2. The Morgan fingerprint density at radius 2 is 1.93 bits per heavy atom. The summed E-state index contributed by atoms with van der Waals surface area (Å²) < 4.78 is 0. The lowest BCUT2D eigenvalue weighted by atomic mass is 10.1. The van der Waals surface area contributed by atoms with Gasteiger partial charge in [0.25, 0.3) is 5.91 Å². The topological polar surface area (TPSA) is 96.0 Å². The van der Waals surface area contributed by atoms with E-state index in [0.717, 1.165) is 49.1 Å². The van der Waals surface area contributed by atoms with Crippen molar-refractivity contribution in [2.24, 2.45) is 0 Å². The third-order valence-corrected chi connectivity index (χ3v) is 4.31. The van der Waals surface area contributed by atoms with Crippen molar-refractivity contribution in [2.45, 2.75) is 45.6 Å². The summed E-state index contributed by atoms with van der Waals surface area (Å²) in [5, 5.41) is 8.33. The number of rotatable bonds is 10. The Morgan fingerprint density at radius 3 is 2.64 bits per heavy atom. The van der Waals surface area contributed by atoms with Gasteiger partial charge in [0.1, 0.15) is 0 Å². The molecule has 0 aliphatic carbocycles. The summed E-state index contributed by atoms with van der Waals surface area (Å²) in [5.74, 6) is -0.0935. The minimum absolute atomic E-state index is 0.0935. The zero-order valence-electron chi connectivity index (χ0n) is 16.6. The van der Waals surface area contributed by atoms with Crippen LogP contribution in [0.15, 0.2) is 36.7 Å². The van der Waals surface area contributed by atoms with E-state index in [1.807, 2.05) is 24.3 Å². The summed E-state index contributed by atoms with van der Waals surface area (Å²) in [6.07, 6.45) is 7.77. The number of amides is 3. The number of hydrogen-bond donors (Lipinski definition) is 3. The van der Waals surface area contributed by atoms with E-state index >= 15 is 0 Å². The first-order valence-electron chi connectivity index (χ1n) is 9.75. The summed E-state index contributed by atoms with van der Waals surface area (Å²) in [7, 11) is 1.63. The Hall–Kier alpha value is -2.96. The van der Waals surface area contributed by atoms with E-state index in [-0.39, 0.29) is 11.9 Å². The van der Waals surface area contributed by atoms with Crippen LogP contribution in [0, 0.1) is 0 Å². The smallest absolute Gasteiger partial charge is 0.315 e. The molecule has 2 heterocycles. The van der Waals surface area contributed by atoms with Gasteiger partial charge in [0, 0.05) is 38.2 Å². The first-order valence-corrected chi connectivity index (χ1v) is 9.75. The van der Waals surface area contributed by atoms with Crippen molar-refractivity contribution in [1.29, 1.82) is 0 Å². The Bertz CT molecular complexity index is 765. The van der Waals surface area contributed by atoms with E-state index in [0.29, 0.717) is 18.7 Å². The third kappa shape index (κ3) is 6.98. The van der Waals surface area contributed by atoms with Crippen LogP contribution >= 0.6 is 0 Å². The van der Waals surface area contributed by atoms with Gasteiger partial charge < -0.3 is 16.0 Å². The number of hydrogen-bond acceptors (Lipinski definition) is 4. The number of unbranched alkanes of at least 4 members (excludes halogenated alkanes) is 1. The van der Waals surface area contributed by atoms with Gasteiger partial charge in [-0.05, 0) is 49.4 Å². The molecule has 0 fully saturated rings. The van der Waals surface area contributed by atoms with E-state index in [2.05, 4.69) is 32.8 Å². The molecule has 3 amide bonds. The second kappa shape index (κ2) is 11.7. The fraction of sp³-hybridized carbons (Fsp3) is 0.429. The molecular weight excluding hydrogens is 354 g/mol. The van der Waals surface area contributed by atoms with Crippen LogP contribution in [-0.4, -0.2) is 35.5 Å². The second-order valence-electron chi connectivity index (χ2n) is 6.55. The lowest BCUT2D eigenvalue weighted by molar-refractivity contribution is 0.0961. The Balaban J connectivity index is 1.70. The largest absolute Gasteiger partial charge is 0.355 e. The zero-order chi connectivity index (χ0) is 20.2. The quantitative estimate of drug-likeness (QED) is 0.550. The van der Waals surface area contributed by atoms with Crippen molar-refractivity contribution in [2.75, 3.05) is 13.6 Å². The molecule has 0 radical (unpaired) electrons. The Morgan fingerprint density at radius 1 is 1.07 bits per heavy atom. The molecule has 2 aromatic heterocycles. The molecule has 28 heavy (non-hydrogen) atoms. The molecule has 0 saturated carbocycles. The molecule has 2 rings (SSSR count). The molecule has 0 unspecified atom stereocenters. The summed E-state index contributed by atoms with van der Waals surface area (Å²) in [4.78, 5) is 32.4. The molecule has 0 bridgehead atoms. The highest BCUT2D eigenvalue weighted by atomic mass is 16.2. The summed E-state index contributed by atoms with van der Waals surface area (Å²) in [6, 6.07) is 7.36. The third-order valence-electron chi connectivity index (χ3n) is 4.31. The van der Waals surface area contributed by atoms with E-state index in [4.69, 9.17) is 0 Å². The van der Waals surface area contributed by atoms with Gasteiger partial charge in [-0.15, -0.1) is 0 Å². The highest BCUT2D eigenvalue weighted by Gasteiger charge is 2.11. The van der Waals surface area contributed by atoms with Crippen molar-refractivity contribution in [3.05, 3.63) is 59.2 Å². The maximum Gasteiger partial charge on any atom is 0.315 e. The molecular formula is C21H29N5O2. The maximum atomic E-state index is 11.9. The van der Waals surface area contributed by atoms with Crippen LogP contribution in [0.25, 0.3) is 0 Å². The summed E-state index contributed by atoms with van der Waals surface area (Å²) >= 11 is 0. The van der Waals surface area contributed by atoms with Gasteiger partial charge in [-0.3, -0.25) is 14.8 Å². The van der Waals surface area contributed by atoms with E-state index in [9.17, 15) is 9.59 Å². The average molecular weight is 383 g/mol. The predicted molar refractivity (Wildman–Crippen MR) is 109 cm³/mol. The Kier molecular flexibility index (Phi) is 8.91. The van der Waals surface area contributed by atoms with Crippen LogP contribution in [0.4, 0.5) is 4.79 Å². The maximum absolute atomic E-state index is 11.9. The monoisotopic (exact) mass is 383 g/mol. The van der Waals surface area contributed by atoms with Crippen molar-refractivity contribution < 1.29 is 9.59 Å². The lowest BCUT2D eigenvalue weighted by Crippen LogP contribution is -2.35. The minimum Gasteiger partial charge on any atom is -0.355 e. The van der Waals surface area contributed by atoms with Gasteiger partial charge >= 0.3 is 6.03 Å². The van der Waals surface area contributed by atoms with Crippen LogP contribution in [0.5, 0.6) is 0 Å². The molecule has 7 nitrogen and oxygen atoms in total. The van der Waals surface area contributed by atoms with Crippen molar-refractivity contribution in [1.82, 2.24) is 25.9 Å². The number of nitrogens with one attached hydrogen (secondary N) is 3. The minimum atomic E-state index is -0.179. The molecule has 2 aromatic rings. The van der Waals surface area contributed by atoms with Crippen molar-refractivity contribution >= 4 is 11.9 Å². The van der Waals surface area contributed by atoms with Crippen LogP contribution in [0.1, 0.15) is 53.5 Å². The van der Waals surface area contributed by atoms with Gasteiger partial charge in [0.2, 0.25) is 0 Å². The van der Waals surface area contributed by atoms with E-state index < -0.39 is 0 Å². The van der Waals surface area contributed by atoms with Gasteiger partial charge in [-0.1, -0.05) is 19.4 Å². The summed E-state index contributed by atoms with van der Waals surface area (Å²) in [5.41, 5.74) is 3.45. The molecule has 0 aliphatic heterocycles. The highest BCUT2D eigenvalue weighted by Crippen LogP contribution is 2.12. The van der Waals surface area contributed by atoms with Crippen molar-refractivity contribution in [3.63, 3.8) is 0 Å². The molecule has 3 N–H and O–H groups in total. The first kappa shape index (κ1) is 21.3. The second-order valence-corrected chi connectivity index (χ2v) is 6.55. The lowest BCUT2D eigenvalue weighted by Gasteiger charge is -2.10. The van der Waals surface area contributed by atoms with Gasteiger partial charge in [-0.2, -0.15) is 0 Å². The fourth-order valence-corrected chi connectivity index (χ4v) is 2.84. The highest BCUT2D eigenvalue weighted by molar-refractivity contribution is 5.95. The normalized spacial score (nSPS) is 10.4. The van der Waals surface area contributed by atoms with Gasteiger partial charge in [-0.25, -0.2) is 4.79 Å². The zero-order valence-corrected chi connectivity index (χ0v) is 16.6. The van der Waals surface area contributed by atoms with Crippen LogP contribution in [-0.2, 0) is 19.4 Å². The molecule has 150 valence electrons. The van der Waals surface area contributed by atoms with E-state index in [1.54, 1.807) is 19.4 Å². The molecule has 0 spiro atoms. The number of carbonyl (C=O) groups excluding carboxylic acids is 2. The molecule has 0 aromatic carbocycles. The molecule has 0 aliphatic rings. The fourth-order valence-electron chi connectivity index (χ4n) is 2.84.